The highest BCUT2D eigenvalue weighted by atomic mass is 16.6. The van der Waals surface area contributed by atoms with Gasteiger partial charge in [-0.2, -0.15) is 0 Å². The Morgan fingerprint density at radius 1 is 0.380 bits per heavy atom. The van der Waals surface area contributed by atoms with Gasteiger partial charge in [0.25, 0.3) is 5.78 Å². The van der Waals surface area contributed by atoms with Gasteiger partial charge in [0.2, 0.25) is 0 Å². The summed E-state index contributed by atoms with van der Waals surface area (Å²) in [6, 6.07) is 8.29. The first-order valence-corrected chi connectivity index (χ1v) is 19.1. The molecule has 0 spiro atoms. The minimum atomic E-state index is -0.890. The number of esters is 1. The third kappa shape index (κ3) is 32.0. The Balaban J connectivity index is 1.65. The van der Waals surface area contributed by atoms with Crippen LogP contribution < -0.4 is 0 Å². The van der Waals surface area contributed by atoms with E-state index >= 15 is 0 Å². The number of ether oxygens (including phenoxy) is 9. The second-order valence-electron chi connectivity index (χ2n) is 12.0. The lowest BCUT2D eigenvalue weighted by molar-refractivity contribution is -0.139. The van der Waals surface area contributed by atoms with Crippen LogP contribution in [0.4, 0.5) is 0 Å². The summed E-state index contributed by atoms with van der Waals surface area (Å²) in [5.41, 5.74) is 0.301. The summed E-state index contributed by atoms with van der Waals surface area (Å²) >= 11 is 0. The third-order valence-corrected chi connectivity index (χ3v) is 7.68. The second kappa shape index (κ2) is 38.3. The fourth-order valence-electron chi connectivity index (χ4n) is 4.83. The molecule has 1 rings (SSSR count). The largest absolute Gasteiger partial charge is 0.457 e. The van der Waals surface area contributed by atoms with Crippen LogP contribution in [0.25, 0.3) is 0 Å². The van der Waals surface area contributed by atoms with E-state index in [0.717, 1.165) is 13.0 Å². The number of Topliss-reactive ketones (excluding diaryl/α,β-unsaturated/α-hetero) is 1. The lowest BCUT2D eigenvalue weighted by Crippen LogP contribution is -2.20. The van der Waals surface area contributed by atoms with Crippen LogP contribution in [-0.2, 0) is 47.4 Å². The molecule has 0 aromatic heterocycles. The normalized spacial score (nSPS) is 11.3. The SMILES string of the molecule is CCCCCCCCCCCCCCCOCCOCCOCCOCCOCCOCCOCCOCCOC(=O)C(=O)c1ccccc1. The van der Waals surface area contributed by atoms with Gasteiger partial charge in [-0.3, -0.25) is 4.79 Å². The van der Waals surface area contributed by atoms with E-state index in [4.69, 9.17) is 42.6 Å². The lowest BCUT2D eigenvalue weighted by atomic mass is 10.0. The van der Waals surface area contributed by atoms with Crippen LogP contribution in [0.5, 0.6) is 0 Å². The Hall–Kier alpha value is -1.96. The molecule has 11 nitrogen and oxygen atoms in total. The van der Waals surface area contributed by atoms with Crippen LogP contribution in [0.3, 0.4) is 0 Å². The van der Waals surface area contributed by atoms with Crippen molar-refractivity contribution in [3.8, 4) is 0 Å². The van der Waals surface area contributed by atoms with Crippen molar-refractivity contribution in [1.82, 2.24) is 0 Å². The summed E-state index contributed by atoms with van der Waals surface area (Å²) in [6.45, 7) is 10.3. The number of unbranched alkanes of at least 4 members (excludes halogenated alkanes) is 12. The Kier molecular flexibility index (Phi) is 35.3. The topological polar surface area (TPSA) is 117 Å². The van der Waals surface area contributed by atoms with Crippen molar-refractivity contribution >= 4 is 11.8 Å². The zero-order chi connectivity index (χ0) is 35.8. The van der Waals surface area contributed by atoms with Crippen LogP contribution in [0.15, 0.2) is 30.3 Å². The summed E-state index contributed by atoms with van der Waals surface area (Å²) in [6.07, 6.45) is 17.7. The van der Waals surface area contributed by atoms with Crippen molar-refractivity contribution in [1.29, 1.82) is 0 Å². The number of carbonyl (C=O) groups excluding carboxylic acids is 2. The molecule has 0 heterocycles. The maximum Gasteiger partial charge on any atom is 0.379 e. The van der Waals surface area contributed by atoms with Crippen LogP contribution in [0.2, 0.25) is 0 Å². The zero-order valence-corrected chi connectivity index (χ0v) is 31.1. The molecule has 0 bridgehead atoms. The van der Waals surface area contributed by atoms with Crippen molar-refractivity contribution < 1.29 is 52.2 Å². The molecule has 0 saturated carbocycles. The van der Waals surface area contributed by atoms with Gasteiger partial charge in [-0.15, -0.1) is 0 Å². The first-order chi connectivity index (χ1) is 24.8. The minimum Gasteiger partial charge on any atom is -0.457 e. The molecule has 0 aliphatic heterocycles. The van der Waals surface area contributed by atoms with E-state index in [1.54, 1.807) is 30.3 Å². The highest BCUT2D eigenvalue weighted by Gasteiger charge is 2.17. The molecule has 1 aromatic rings. The third-order valence-electron chi connectivity index (χ3n) is 7.68. The Morgan fingerprint density at radius 2 is 0.680 bits per heavy atom. The van der Waals surface area contributed by atoms with Gasteiger partial charge in [0.05, 0.1) is 99.1 Å². The average Bonchev–Trinajstić information content (AvgIpc) is 3.14. The molecule has 0 aliphatic rings. The summed E-state index contributed by atoms with van der Waals surface area (Å²) < 4.78 is 48.9. The van der Waals surface area contributed by atoms with E-state index in [1.807, 2.05) is 0 Å². The van der Waals surface area contributed by atoms with Crippen LogP contribution in [0.1, 0.15) is 101 Å². The molecule has 0 saturated heterocycles. The molecule has 0 radical (unpaired) electrons. The first kappa shape index (κ1) is 46.1. The summed E-state index contributed by atoms with van der Waals surface area (Å²) in [7, 11) is 0. The van der Waals surface area contributed by atoms with Gasteiger partial charge in [-0.05, 0) is 6.42 Å². The number of benzene rings is 1. The Morgan fingerprint density at radius 3 is 1.04 bits per heavy atom. The molecule has 11 heteroatoms. The van der Waals surface area contributed by atoms with Crippen LogP contribution >= 0.6 is 0 Å². The number of rotatable bonds is 40. The average molecular weight is 713 g/mol. The molecule has 0 aliphatic carbocycles. The van der Waals surface area contributed by atoms with Crippen LogP contribution in [0, 0.1) is 0 Å². The molecule has 0 fully saturated rings. The molecule has 290 valence electrons. The van der Waals surface area contributed by atoms with E-state index in [9.17, 15) is 9.59 Å². The van der Waals surface area contributed by atoms with Crippen LogP contribution in [-0.4, -0.2) is 124 Å². The maximum atomic E-state index is 11.9. The highest BCUT2D eigenvalue weighted by molar-refractivity contribution is 6.40. The number of hydrogen-bond acceptors (Lipinski definition) is 11. The zero-order valence-electron chi connectivity index (χ0n) is 31.1. The Labute approximate surface area is 302 Å². The van der Waals surface area contributed by atoms with Crippen molar-refractivity contribution in [2.45, 2.75) is 90.4 Å². The maximum absolute atomic E-state index is 11.9. The molecule has 0 unspecified atom stereocenters. The van der Waals surface area contributed by atoms with Gasteiger partial charge in [0, 0.05) is 12.2 Å². The smallest absolute Gasteiger partial charge is 0.379 e. The summed E-state index contributed by atoms with van der Waals surface area (Å²) in [5.74, 6) is -1.56. The van der Waals surface area contributed by atoms with E-state index in [1.165, 1.54) is 77.0 Å². The molecule has 0 N–H and O–H groups in total. The van der Waals surface area contributed by atoms with Gasteiger partial charge in [-0.25, -0.2) is 4.79 Å². The fraction of sp³-hybridized carbons (Fsp3) is 0.795. The predicted octanol–water partition coefficient (Wildman–Crippen LogP) is 6.64. The molecular formula is C39H68O11. The van der Waals surface area contributed by atoms with Crippen molar-refractivity contribution in [3.05, 3.63) is 35.9 Å². The van der Waals surface area contributed by atoms with Crippen molar-refractivity contribution in [2.75, 3.05) is 112 Å². The minimum absolute atomic E-state index is 0.00489. The quantitative estimate of drug-likeness (QED) is 0.0316. The van der Waals surface area contributed by atoms with E-state index in [0.29, 0.717) is 98.1 Å². The summed E-state index contributed by atoms with van der Waals surface area (Å²) in [5, 5.41) is 0. The highest BCUT2D eigenvalue weighted by Crippen LogP contribution is 2.12. The first-order valence-electron chi connectivity index (χ1n) is 19.1. The molecule has 50 heavy (non-hydrogen) atoms. The molecule has 0 atom stereocenters. The Bertz CT molecular complexity index is 856. The number of carbonyl (C=O) groups is 2. The lowest BCUT2D eigenvalue weighted by Gasteiger charge is -2.09. The molecule has 1 aromatic carbocycles. The van der Waals surface area contributed by atoms with Gasteiger partial charge in [0.15, 0.2) is 0 Å². The number of ketones is 1. The predicted molar refractivity (Wildman–Crippen MR) is 194 cm³/mol. The standard InChI is InChI=1S/C39H68O11/c1-2-3-4-5-6-7-8-9-10-11-12-13-17-20-42-21-22-43-23-24-44-25-26-45-27-28-46-29-30-47-31-32-48-33-34-49-35-36-50-39(41)38(40)37-18-15-14-16-19-37/h14-16,18-19H,2-13,17,20-36H2,1H3. The fourth-order valence-corrected chi connectivity index (χ4v) is 4.83. The van der Waals surface area contributed by atoms with Crippen molar-refractivity contribution in [3.63, 3.8) is 0 Å². The molecule has 0 amide bonds. The van der Waals surface area contributed by atoms with Gasteiger partial charge in [-0.1, -0.05) is 114 Å². The second-order valence-corrected chi connectivity index (χ2v) is 12.0. The van der Waals surface area contributed by atoms with E-state index in [2.05, 4.69) is 6.92 Å². The van der Waals surface area contributed by atoms with E-state index < -0.39 is 11.8 Å². The molecular weight excluding hydrogens is 644 g/mol. The van der Waals surface area contributed by atoms with Gasteiger partial charge < -0.3 is 42.6 Å². The van der Waals surface area contributed by atoms with Gasteiger partial charge >= 0.3 is 5.97 Å². The van der Waals surface area contributed by atoms with Gasteiger partial charge in [0.1, 0.15) is 6.61 Å². The van der Waals surface area contributed by atoms with Crippen molar-refractivity contribution in [2.24, 2.45) is 0 Å². The number of hydrogen-bond donors (Lipinski definition) is 0. The monoisotopic (exact) mass is 712 g/mol. The summed E-state index contributed by atoms with van der Waals surface area (Å²) in [4.78, 5) is 23.6. The van der Waals surface area contributed by atoms with E-state index in [-0.39, 0.29) is 13.2 Å².